The van der Waals surface area contributed by atoms with Crippen molar-refractivity contribution in [1.82, 2.24) is 4.98 Å². The van der Waals surface area contributed by atoms with Crippen molar-refractivity contribution < 1.29 is 9.13 Å². The zero-order chi connectivity index (χ0) is 21.5. The van der Waals surface area contributed by atoms with Gasteiger partial charge in [-0.3, -0.25) is 0 Å². The van der Waals surface area contributed by atoms with Crippen molar-refractivity contribution in [2.75, 3.05) is 13.7 Å². The number of benzene rings is 3. The average molecular weight is 410 g/mol. The van der Waals surface area contributed by atoms with Crippen molar-refractivity contribution in [1.29, 1.82) is 0 Å². The molecular weight excluding hydrogens is 385 g/mol. The molecule has 0 N–H and O–H groups in total. The predicted molar refractivity (Wildman–Crippen MR) is 124 cm³/mol. The first kappa shape index (κ1) is 20.8. The molecule has 3 heteroatoms. The minimum absolute atomic E-state index is 0.239. The molecule has 0 aliphatic rings. The van der Waals surface area contributed by atoms with Gasteiger partial charge in [-0.1, -0.05) is 54.5 Å². The van der Waals surface area contributed by atoms with Crippen LogP contribution in [0.4, 0.5) is 4.39 Å². The Balaban J connectivity index is 1.39. The monoisotopic (exact) mass is 409 g/mol. The first-order valence-corrected chi connectivity index (χ1v) is 10.4. The number of hydrogen-bond donors (Lipinski definition) is 0. The third kappa shape index (κ3) is 5.57. The summed E-state index contributed by atoms with van der Waals surface area (Å²) in [5, 5.41) is 1.79. The number of halogens is 1. The number of nitrogens with zero attached hydrogens (tertiary/aromatic N) is 1. The number of methoxy groups -OCH3 is 1. The molecule has 1 heterocycles. The van der Waals surface area contributed by atoms with Crippen LogP contribution in [-0.2, 0) is 24.0 Å². The highest BCUT2D eigenvalue weighted by molar-refractivity contribution is 5.88. The minimum Gasteiger partial charge on any atom is -0.384 e. The van der Waals surface area contributed by atoms with Crippen molar-refractivity contribution in [3.63, 3.8) is 0 Å². The summed E-state index contributed by atoms with van der Waals surface area (Å²) in [7, 11) is 1.73. The number of aromatic nitrogens is 1. The van der Waals surface area contributed by atoms with Gasteiger partial charge in [0.25, 0.3) is 0 Å². The molecule has 154 valence electrons. The molecular formula is C28H24FNO. The lowest BCUT2D eigenvalue weighted by atomic mass is 10.0. The van der Waals surface area contributed by atoms with Crippen molar-refractivity contribution in [3.05, 3.63) is 113 Å². The van der Waals surface area contributed by atoms with Crippen molar-refractivity contribution >= 4 is 10.8 Å². The Kier molecular flexibility index (Phi) is 6.72. The Morgan fingerprint density at radius 3 is 2.29 bits per heavy atom. The molecule has 0 atom stereocenters. The zero-order valence-corrected chi connectivity index (χ0v) is 17.6. The third-order valence-electron chi connectivity index (χ3n) is 5.31. The molecule has 0 bridgehead atoms. The van der Waals surface area contributed by atoms with Gasteiger partial charge >= 0.3 is 0 Å². The highest BCUT2D eigenvalue weighted by Crippen LogP contribution is 2.19. The molecule has 0 unspecified atom stereocenters. The smallest absolute Gasteiger partial charge is 0.123 e. The normalized spacial score (nSPS) is 10.6. The van der Waals surface area contributed by atoms with E-state index in [4.69, 9.17) is 4.74 Å². The number of ether oxygens (including phenoxy) is 1. The molecule has 0 radical (unpaired) electrons. The Labute approximate surface area is 182 Å². The molecule has 0 aliphatic carbocycles. The largest absolute Gasteiger partial charge is 0.384 e. The van der Waals surface area contributed by atoms with E-state index < -0.39 is 0 Å². The summed E-state index contributed by atoms with van der Waals surface area (Å²) in [6.45, 7) is 0.749. The van der Waals surface area contributed by atoms with Gasteiger partial charge in [0.05, 0.1) is 6.61 Å². The fraction of sp³-hybridized carbons (Fsp3) is 0.179. The molecule has 1 aromatic heterocycles. The van der Waals surface area contributed by atoms with E-state index in [2.05, 4.69) is 47.2 Å². The highest BCUT2D eigenvalue weighted by Gasteiger charge is 2.01. The third-order valence-corrected chi connectivity index (χ3v) is 5.31. The molecule has 4 rings (SSSR count). The van der Waals surface area contributed by atoms with Crippen molar-refractivity contribution in [2.24, 2.45) is 0 Å². The Morgan fingerprint density at radius 2 is 1.55 bits per heavy atom. The fourth-order valence-electron chi connectivity index (χ4n) is 3.52. The second-order valence-corrected chi connectivity index (χ2v) is 7.53. The first-order valence-electron chi connectivity index (χ1n) is 10.4. The molecule has 0 spiro atoms. The van der Waals surface area contributed by atoms with Gasteiger partial charge in [0.15, 0.2) is 0 Å². The molecule has 31 heavy (non-hydrogen) atoms. The topological polar surface area (TPSA) is 22.1 Å². The van der Waals surface area contributed by atoms with E-state index in [-0.39, 0.29) is 5.82 Å². The second-order valence-electron chi connectivity index (χ2n) is 7.53. The number of hydrogen-bond acceptors (Lipinski definition) is 2. The van der Waals surface area contributed by atoms with Crippen molar-refractivity contribution in [3.8, 4) is 11.8 Å². The van der Waals surface area contributed by atoms with Crippen LogP contribution < -0.4 is 0 Å². The predicted octanol–water partition coefficient (Wildman–Crippen LogP) is 5.75. The molecule has 0 saturated heterocycles. The lowest BCUT2D eigenvalue weighted by molar-refractivity contribution is 0.202. The molecule has 0 saturated carbocycles. The minimum atomic E-state index is -0.239. The van der Waals surface area contributed by atoms with Crippen LogP contribution in [0.1, 0.15) is 27.9 Å². The van der Waals surface area contributed by atoms with Gasteiger partial charge in [0, 0.05) is 18.9 Å². The van der Waals surface area contributed by atoms with Crippen LogP contribution in [0.2, 0.25) is 0 Å². The number of aryl methyl sites for hydroxylation is 2. The summed E-state index contributed by atoms with van der Waals surface area (Å²) in [5.74, 6) is 6.06. The quantitative estimate of drug-likeness (QED) is 0.379. The van der Waals surface area contributed by atoms with Gasteiger partial charge in [-0.15, -0.1) is 0 Å². The SMILES string of the molecule is COCCc1ccc(CCc2ccc(C#Cc3cccc4cc(F)ccc34)nc2)cc1. The summed E-state index contributed by atoms with van der Waals surface area (Å²) >= 11 is 0. The van der Waals surface area contributed by atoms with Crippen LogP contribution in [0.15, 0.2) is 79.0 Å². The second kappa shape index (κ2) is 10.0. The Bertz CT molecular complexity index is 1220. The van der Waals surface area contributed by atoms with Crippen molar-refractivity contribution in [2.45, 2.75) is 19.3 Å². The van der Waals surface area contributed by atoms with E-state index in [1.807, 2.05) is 30.5 Å². The van der Waals surface area contributed by atoms with E-state index in [0.29, 0.717) is 0 Å². The molecule has 0 amide bonds. The Morgan fingerprint density at radius 1 is 0.806 bits per heavy atom. The summed E-state index contributed by atoms with van der Waals surface area (Å²) < 4.78 is 18.6. The maximum absolute atomic E-state index is 13.4. The summed E-state index contributed by atoms with van der Waals surface area (Å²) in [6.07, 6.45) is 4.76. The molecule has 4 aromatic rings. The molecule has 0 aliphatic heterocycles. The maximum Gasteiger partial charge on any atom is 0.123 e. The van der Waals surface area contributed by atoms with Crippen LogP contribution in [0.25, 0.3) is 10.8 Å². The molecule has 0 fully saturated rings. The zero-order valence-electron chi connectivity index (χ0n) is 17.6. The number of rotatable bonds is 6. The van der Waals surface area contributed by atoms with Gasteiger partial charge in [-0.25, -0.2) is 9.37 Å². The summed E-state index contributed by atoms with van der Waals surface area (Å²) in [5.41, 5.74) is 5.40. The van der Waals surface area contributed by atoms with Gasteiger partial charge in [-0.2, -0.15) is 0 Å². The van der Waals surface area contributed by atoms with Gasteiger partial charge in [0.1, 0.15) is 11.5 Å². The average Bonchev–Trinajstić information content (AvgIpc) is 2.81. The molecule has 3 aromatic carbocycles. The van der Waals surface area contributed by atoms with Gasteiger partial charge < -0.3 is 4.74 Å². The van der Waals surface area contributed by atoms with Crippen LogP contribution in [0.3, 0.4) is 0 Å². The summed E-state index contributed by atoms with van der Waals surface area (Å²) in [4.78, 5) is 4.50. The highest BCUT2D eigenvalue weighted by atomic mass is 19.1. The lowest BCUT2D eigenvalue weighted by Crippen LogP contribution is -1.96. The van der Waals surface area contributed by atoms with Crippen LogP contribution >= 0.6 is 0 Å². The number of fused-ring (bicyclic) bond motifs is 1. The first-order chi connectivity index (χ1) is 15.2. The van der Waals surface area contributed by atoms with Crippen LogP contribution in [0, 0.1) is 17.7 Å². The fourth-order valence-corrected chi connectivity index (χ4v) is 3.52. The van der Waals surface area contributed by atoms with Gasteiger partial charge in [-0.05, 0) is 76.9 Å². The van der Waals surface area contributed by atoms with Crippen LogP contribution in [0.5, 0.6) is 0 Å². The van der Waals surface area contributed by atoms with Gasteiger partial charge in [0.2, 0.25) is 0 Å². The lowest BCUT2D eigenvalue weighted by Gasteiger charge is -2.05. The van der Waals surface area contributed by atoms with E-state index in [0.717, 1.165) is 47.9 Å². The summed E-state index contributed by atoms with van der Waals surface area (Å²) in [6, 6.07) is 23.3. The van der Waals surface area contributed by atoms with E-state index in [1.54, 1.807) is 13.2 Å². The number of pyridine rings is 1. The van der Waals surface area contributed by atoms with E-state index >= 15 is 0 Å². The standard InChI is InChI=1S/C28H24FNO/c1-31-18-17-22-7-5-21(6-8-22)9-10-23-11-14-27(30-20-23)15-12-24-3-2-4-25-19-26(29)13-16-28(24)25/h2-8,11,13-14,16,19-20H,9-10,17-18H2,1H3. The van der Waals surface area contributed by atoms with Crippen LogP contribution in [-0.4, -0.2) is 18.7 Å². The maximum atomic E-state index is 13.4. The molecule has 2 nitrogen and oxygen atoms in total. The van der Waals surface area contributed by atoms with E-state index in [1.165, 1.54) is 28.8 Å². The Hall–Kier alpha value is -3.48. The van der Waals surface area contributed by atoms with E-state index in [9.17, 15) is 4.39 Å².